The van der Waals surface area contributed by atoms with Crippen LogP contribution in [0.4, 0.5) is 0 Å². The minimum absolute atomic E-state index is 0.225. The maximum absolute atomic E-state index is 11.5. The average molecular weight is 196 g/mol. The number of hydrogen-bond donors (Lipinski definition) is 2. The quantitative estimate of drug-likeness (QED) is 0.399. The van der Waals surface area contributed by atoms with Gasteiger partial charge in [-0.3, -0.25) is 4.79 Å². The molecule has 0 aliphatic rings. The van der Waals surface area contributed by atoms with Crippen molar-refractivity contribution in [3.8, 4) is 0 Å². The van der Waals surface area contributed by atoms with Crippen molar-refractivity contribution in [2.45, 2.75) is 6.92 Å². The molecular formula is C10H16N2O2. The van der Waals surface area contributed by atoms with Crippen molar-refractivity contribution in [3.63, 3.8) is 0 Å². The van der Waals surface area contributed by atoms with Gasteiger partial charge in [-0.15, -0.1) is 0 Å². The fourth-order valence-electron chi connectivity index (χ4n) is 0.757. The second-order valence-electron chi connectivity index (χ2n) is 2.65. The number of carbonyl (C=O) groups excluding carboxylic acids is 1. The Hall–Kier alpha value is -1.71. The third-order valence-corrected chi connectivity index (χ3v) is 1.71. The fraction of sp³-hybridized carbons (Fsp3) is 0.300. The Balaban J connectivity index is 4.51. The first-order valence-electron chi connectivity index (χ1n) is 4.32. The van der Waals surface area contributed by atoms with Gasteiger partial charge in [0.1, 0.15) is 0 Å². The molecule has 14 heavy (non-hydrogen) atoms. The lowest BCUT2D eigenvalue weighted by Gasteiger charge is -2.13. The van der Waals surface area contributed by atoms with E-state index < -0.39 is 0 Å². The molecule has 78 valence electrons. The van der Waals surface area contributed by atoms with Crippen molar-refractivity contribution in [1.29, 1.82) is 0 Å². The molecule has 0 aromatic carbocycles. The average Bonchev–Trinajstić information content (AvgIpc) is 2.22. The van der Waals surface area contributed by atoms with Gasteiger partial charge in [0.25, 0.3) is 5.91 Å². The minimum Gasteiger partial charge on any atom is -0.515 e. The van der Waals surface area contributed by atoms with Crippen LogP contribution in [0.3, 0.4) is 0 Å². The van der Waals surface area contributed by atoms with E-state index in [9.17, 15) is 4.79 Å². The van der Waals surface area contributed by atoms with Crippen LogP contribution in [0.1, 0.15) is 6.92 Å². The van der Waals surface area contributed by atoms with E-state index in [0.717, 1.165) is 6.26 Å². The largest absolute Gasteiger partial charge is 0.515 e. The van der Waals surface area contributed by atoms with Gasteiger partial charge in [0.15, 0.2) is 0 Å². The third kappa shape index (κ3) is 3.80. The maximum Gasteiger partial charge on any atom is 0.256 e. The molecule has 3 N–H and O–H groups in total. The van der Waals surface area contributed by atoms with Gasteiger partial charge < -0.3 is 15.7 Å². The van der Waals surface area contributed by atoms with Gasteiger partial charge in [-0.25, -0.2) is 0 Å². The molecular weight excluding hydrogens is 180 g/mol. The number of nitrogens with two attached hydrogens (primary N) is 1. The molecule has 0 aromatic rings. The summed E-state index contributed by atoms with van der Waals surface area (Å²) in [6.07, 6.45) is 6.79. The van der Waals surface area contributed by atoms with E-state index in [2.05, 4.69) is 0 Å². The highest BCUT2D eigenvalue weighted by Gasteiger charge is 2.09. The van der Waals surface area contributed by atoms with Crippen LogP contribution in [-0.4, -0.2) is 29.5 Å². The molecule has 0 fully saturated rings. The first-order chi connectivity index (χ1) is 6.67. The summed E-state index contributed by atoms with van der Waals surface area (Å²) in [6.45, 7) is 2.45. The molecule has 0 bridgehead atoms. The van der Waals surface area contributed by atoms with Crippen molar-refractivity contribution in [2.75, 3.05) is 13.6 Å². The number of amides is 1. The molecule has 0 unspecified atom stereocenters. The summed E-state index contributed by atoms with van der Waals surface area (Å²) < 4.78 is 0. The standard InChI is InChI=1S/C10H16N2O2/c1-3-12(2)10(14)9(8-13)6-4-5-7-11/h4-8,13H,3,11H2,1-2H3/b6-4-,7-5+,9-8-. The normalized spacial score (nSPS) is 12.6. The predicted octanol–water partition coefficient (Wildman–Crippen LogP) is 0.935. The van der Waals surface area contributed by atoms with E-state index in [4.69, 9.17) is 10.8 Å². The van der Waals surface area contributed by atoms with Crippen molar-refractivity contribution in [1.82, 2.24) is 4.90 Å². The highest BCUT2D eigenvalue weighted by atomic mass is 16.2. The van der Waals surface area contributed by atoms with E-state index in [-0.39, 0.29) is 11.5 Å². The van der Waals surface area contributed by atoms with Gasteiger partial charge in [-0.1, -0.05) is 6.08 Å². The number of carbonyl (C=O) groups is 1. The SMILES string of the molecule is CCN(C)C(=O)C(/C=C\C=C\N)=C\O. The topological polar surface area (TPSA) is 66.6 Å². The number of aliphatic hydroxyl groups excluding tert-OH is 1. The van der Waals surface area contributed by atoms with Gasteiger partial charge >= 0.3 is 0 Å². The van der Waals surface area contributed by atoms with Crippen LogP contribution in [0.15, 0.2) is 36.3 Å². The minimum atomic E-state index is -0.225. The van der Waals surface area contributed by atoms with E-state index in [1.807, 2.05) is 6.92 Å². The van der Waals surface area contributed by atoms with Crippen molar-refractivity contribution in [3.05, 3.63) is 36.3 Å². The summed E-state index contributed by atoms with van der Waals surface area (Å²) in [5.74, 6) is -0.225. The second-order valence-corrected chi connectivity index (χ2v) is 2.65. The van der Waals surface area contributed by atoms with E-state index in [0.29, 0.717) is 6.54 Å². The van der Waals surface area contributed by atoms with Gasteiger partial charge in [-0.05, 0) is 25.3 Å². The monoisotopic (exact) mass is 196 g/mol. The van der Waals surface area contributed by atoms with Crippen LogP contribution in [0.5, 0.6) is 0 Å². The molecule has 0 aromatic heterocycles. The molecule has 0 heterocycles. The predicted molar refractivity (Wildman–Crippen MR) is 56.5 cm³/mol. The summed E-state index contributed by atoms with van der Waals surface area (Å²) in [4.78, 5) is 13.0. The van der Waals surface area contributed by atoms with Crippen molar-refractivity contribution >= 4 is 5.91 Å². The number of nitrogens with zero attached hydrogens (tertiary/aromatic N) is 1. The Morgan fingerprint density at radius 2 is 2.14 bits per heavy atom. The lowest BCUT2D eigenvalue weighted by atomic mass is 10.2. The molecule has 0 saturated heterocycles. The lowest BCUT2D eigenvalue weighted by Crippen LogP contribution is -2.27. The molecule has 0 atom stereocenters. The van der Waals surface area contributed by atoms with E-state index in [1.165, 1.54) is 17.2 Å². The highest BCUT2D eigenvalue weighted by molar-refractivity contribution is 5.95. The summed E-state index contributed by atoms with van der Waals surface area (Å²) >= 11 is 0. The molecule has 4 heteroatoms. The first kappa shape index (κ1) is 12.3. The third-order valence-electron chi connectivity index (χ3n) is 1.71. The van der Waals surface area contributed by atoms with Crippen molar-refractivity contribution < 1.29 is 9.90 Å². The van der Waals surface area contributed by atoms with Gasteiger partial charge in [-0.2, -0.15) is 0 Å². The van der Waals surface area contributed by atoms with E-state index >= 15 is 0 Å². The van der Waals surface area contributed by atoms with Crippen LogP contribution in [0, 0.1) is 0 Å². The number of rotatable bonds is 4. The zero-order valence-corrected chi connectivity index (χ0v) is 8.47. The highest BCUT2D eigenvalue weighted by Crippen LogP contribution is 2.01. The second kappa shape index (κ2) is 6.77. The van der Waals surface area contributed by atoms with Crippen LogP contribution in [0.2, 0.25) is 0 Å². The molecule has 1 amide bonds. The maximum atomic E-state index is 11.5. The van der Waals surface area contributed by atoms with Crippen LogP contribution in [0.25, 0.3) is 0 Å². The molecule has 0 aliphatic carbocycles. The Morgan fingerprint density at radius 1 is 1.50 bits per heavy atom. The van der Waals surface area contributed by atoms with Gasteiger partial charge in [0, 0.05) is 13.6 Å². The molecule has 0 radical (unpaired) electrons. The van der Waals surface area contributed by atoms with Gasteiger partial charge in [0.05, 0.1) is 11.8 Å². The Morgan fingerprint density at radius 3 is 2.57 bits per heavy atom. The van der Waals surface area contributed by atoms with Crippen LogP contribution < -0.4 is 5.73 Å². The summed E-state index contributed by atoms with van der Waals surface area (Å²) in [6, 6.07) is 0. The fourth-order valence-corrected chi connectivity index (χ4v) is 0.757. The van der Waals surface area contributed by atoms with Gasteiger partial charge in [0.2, 0.25) is 0 Å². The number of likely N-dealkylation sites (N-methyl/N-ethyl adjacent to an activating group) is 1. The molecule has 0 saturated carbocycles. The lowest BCUT2D eigenvalue weighted by molar-refractivity contribution is -0.125. The summed E-state index contributed by atoms with van der Waals surface area (Å²) in [7, 11) is 1.67. The molecule has 0 spiro atoms. The molecule has 0 aliphatic heterocycles. The Bertz CT molecular complexity index is 267. The van der Waals surface area contributed by atoms with Crippen molar-refractivity contribution in [2.24, 2.45) is 5.73 Å². The Kier molecular flexibility index (Phi) is 5.94. The zero-order chi connectivity index (χ0) is 11.0. The number of allylic oxidation sites excluding steroid dienone is 2. The number of hydrogen-bond acceptors (Lipinski definition) is 3. The molecule has 4 nitrogen and oxygen atoms in total. The van der Waals surface area contributed by atoms with Crippen LogP contribution in [-0.2, 0) is 4.79 Å². The zero-order valence-electron chi connectivity index (χ0n) is 8.47. The number of aliphatic hydroxyl groups is 1. The first-order valence-corrected chi connectivity index (χ1v) is 4.32. The van der Waals surface area contributed by atoms with E-state index in [1.54, 1.807) is 19.2 Å². The molecule has 0 rings (SSSR count). The van der Waals surface area contributed by atoms with Crippen LogP contribution >= 0.6 is 0 Å². The Labute approximate surface area is 84.0 Å². The smallest absolute Gasteiger partial charge is 0.256 e. The summed E-state index contributed by atoms with van der Waals surface area (Å²) in [5, 5.41) is 8.82. The summed E-state index contributed by atoms with van der Waals surface area (Å²) in [5.41, 5.74) is 5.34.